The molecule has 2 fully saturated rings. The number of alkyl halides is 3. The van der Waals surface area contributed by atoms with Crippen LogP contribution in [0, 0.1) is 5.41 Å². The number of nitrogens with two attached hydrogens (primary N) is 1. The standard InChI is InChI=1S/C22H29N5OS.C2HF3O2/c23-21(24)17-5-3-6-19(15-17)27-11-2-1-10-26(22(27)28)18-8-12-25(13-9-18)16-20-7-4-14-29-20;3-2(4,5)1(6)7/h3-7,14-15,18H,1-2,8-13,16H2,(H3,23,24);(H,6,7). The molecule has 8 nitrogen and oxygen atoms in total. The lowest BCUT2D eigenvalue weighted by molar-refractivity contribution is -0.192. The highest BCUT2D eigenvalue weighted by Crippen LogP contribution is 2.26. The van der Waals surface area contributed by atoms with Gasteiger partial charge in [-0.15, -0.1) is 11.3 Å². The second kappa shape index (κ2) is 12.2. The SMILES string of the molecule is N=C(N)c1cccc(N2CCCCN(C3CCN(Cc4cccs4)CC3)C2=O)c1.O=C(O)C(F)(F)F. The Bertz CT molecular complexity index is 1040. The van der Waals surface area contributed by atoms with E-state index < -0.39 is 12.1 Å². The second-order valence-electron chi connectivity index (χ2n) is 8.69. The Hall–Kier alpha value is -3.12. The van der Waals surface area contributed by atoms with Gasteiger partial charge in [0.2, 0.25) is 0 Å². The Labute approximate surface area is 211 Å². The number of amides is 2. The number of carbonyl (C=O) groups is 2. The summed E-state index contributed by atoms with van der Waals surface area (Å²) >= 11 is 1.81. The predicted octanol–water partition coefficient (Wildman–Crippen LogP) is 4.35. The minimum atomic E-state index is -5.08. The van der Waals surface area contributed by atoms with Crippen LogP contribution >= 0.6 is 11.3 Å². The number of benzene rings is 1. The summed E-state index contributed by atoms with van der Waals surface area (Å²) in [6.45, 7) is 4.63. The van der Waals surface area contributed by atoms with E-state index in [9.17, 15) is 18.0 Å². The van der Waals surface area contributed by atoms with E-state index in [1.165, 1.54) is 4.88 Å². The largest absolute Gasteiger partial charge is 0.490 e. The van der Waals surface area contributed by atoms with Crippen molar-refractivity contribution < 1.29 is 27.9 Å². The topological polar surface area (TPSA) is 114 Å². The first-order valence-corrected chi connectivity index (χ1v) is 12.5. The first-order chi connectivity index (χ1) is 17.1. The molecule has 36 heavy (non-hydrogen) atoms. The molecule has 3 heterocycles. The summed E-state index contributed by atoms with van der Waals surface area (Å²) in [7, 11) is 0. The van der Waals surface area contributed by atoms with E-state index in [4.69, 9.17) is 21.0 Å². The summed E-state index contributed by atoms with van der Waals surface area (Å²) in [5.74, 6) is -2.73. The number of halogens is 3. The molecule has 0 aliphatic carbocycles. The Morgan fingerprint density at radius 2 is 1.78 bits per heavy atom. The summed E-state index contributed by atoms with van der Waals surface area (Å²) in [4.78, 5) is 30.2. The molecule has 4 N–H and O–H groups in total. The summed E-state index contributed by atoms with van der Waals surface area (Å²) in [5.41, 5.74) is 7.15. The molecule has 0 unspecified atom stereocenters. The van der Waals surface area contributed by atoms with Crippen molar-refractivity contribution in [1.82, 2.24) is 9.80 Å². The van der Waals surface area contributed by atoms with Crippen LogP contribution in [-0.4, -0.2) is 71.1 Å². The average molecular weight is 526 g/mol. The van der Waals surface area contributed by atoms with Crippen molar-refractivity contribution in [3.63, 3.8) is 0 Å². The van der Waals surface area contributed by atoms with Crippen molar-refractivity contribution in [2.75, 3.05) is 31.1 Å². The van der Waals surface area contributed by atoms with Crippen molar-refractivity contribution in [1.29, 1.82) is 5.41 Å². The quantitative estimate of drug-likeness (QED) is 0.397. The van der Waals surface area contributed by atoms with Gasteiger partial charge in [-0.05, 0) is 49.3 Å². The molecule has 2 aliphatic heterocycles. The highest BCUT2D eigenvalue weighted by molar-refractivity contribution is 7.09. The number of hydrogen-bond donors (Lipinski definition) is 3. The highest BCUT2D eigenvalue weighted by atomic mass is 32.1. The van der Waals surface area contributed by atoms with E-state index in [0.717, 1.165) is 57.5 Å². The van der Waals surface area contributed by atoms with Crippen LogP contribution in [-0.2, 0) is 11.3 Å². The Balaban J connectivity index is 0.000000454. The number of aliphatic carboxylic acids is 1. The van der Waals surface area contributed by atoms with Gasteiger partial charge in [-0.2, -0.15) is 13.2 Å². The van der Waals surface area contributed by atoms with Gasteiger partial charge in [0, 0.05) is 54.9 Å². The number of thiophene rings is 1. The summed E-state index contributed by atoms with van der Waals surface area (Å²) < 4.78 is 31.7. The van der Waals surface area contributed by atoms with Crippen molar-refractivity contribution in [3.05, 3.63) is 52.2 Å². The number of nitrogens with zero attached hydrogens (tertiary/aromatic N) is 3. The Kier molecular flexibility index (Phi) is 9.32. The molecule has 2 saturated heterocycles. The number of carbonyl (C=O) groups excluding carboxylic acids is 1. The number of amidine groups is 1. The summed E-state index contributed by atoms with van der Waals surface area (Å²) in [6, 6.07) is 12.2. The van der Waals surface area contributed by atoms with Gasteiger partial charge < -0.3 is 15.7 Å². The molecule has 0 radical (unpaired) electrons. The van der Waals surface area contributed by atoms with Crippen LogP contribution in [0.5, 0.6) is 0 Å². The van der Waals surface area contributed by atoms with Gasteiger partial charge in [-0.25, -0.2) is 9.59 Å². The van der Waals surface area contributed by atoms with E-state index in [-0.39, 0.29) is 11.9 Å². The van der Waals surface area contributed by atoms with E-state index in [2.05, 4.69) is 27.3 Å². The molecular weight excluding hydrogens is 495 g/mol. The molecular formula is C24H30F3N5O3S. The van der Waals surface area contributed by atoms with E-state index in [0.29, 0.717) is 18.2 Å². The fourth-order valence-corrected chi connectivity index (χ4v) is 5.08. The van der Waals surface area contributed by atoms with Crippen LogP contribution in [0.3, 0.4) is 0 Å². The molecule has 196 valence electrons. The van der Waals surface area contributed by atoms with Crippen LogP contribution in [0.25, 0.3) is 0 Å². The molecule has 2 amide bonds. The Morgan fingerprint density at radius 1 is 1.11 bits per heavy atom. The number of carboxylic acid groups (broad SMARTS) is 1. The number of nitrogen functional groups attached to an aromatic ring is 1. The van der Waals surface area contributed by atoms with Crippen molar-refractivity contribution in [2.24, 2.45) is 5.73 Å². The number of hydrogen-bond acceptors (Lipinski definition) is 5. The molecule has 12 heteroatoms. The maximum atomic E-state index is 13.4. The highest BCUT2D eigenvalue weighted by Gasteiger charge is 2.38. The normalized spacial score (nSPS) is 17.8. The lowest BCUT2D eigenvalue weighted by Gasteiger charge is -2.39. The zero-order valence-electron chi connectivity index (χ0n) is 19.7. The third kappa shape index (κ3) is 7.44. The van der Waals surface area contributed by atoms with E-state index in [1.807, 2.05) is 40.5 Å². The molecule has 0 spiro atoms. The summed E-state index contributed by atoms with van der Waals surface area (Å²) in [5, 5.41) is 16.9. The molecule has 2 aromatic rings. The first-order valence-electron chi connectivity index (χ1n) is 11.6. The van der Waals surface area contributed by atoms with Crippen molar-refractivity contribution in [2.45, 2.75) is 44.4 Å². The third-order valence-corrected chi connectivity index (χ3v) is 7.04. The number of urea groups is 1. The summed E-state index contributed by atoms with van der Waals surface area (Å²) in [6.07, 6.45) is -1.01. The molecule has 0 bridgehead atoms. The van der Waals surface area contributed by atoms with Crippen LogP contribution < -0.4 is 10.6 Å². The molecule has 0 atom stereocenters. The van der Waals surface area contributed by atoms with Gasteiger partial charge in [0.1, 0.15) is 5.84 Å². The van der Waals surface area contributed by atoms with Gasteiger partial charge >= 0.3 is 18.2 Å². The zero-order chi connectivity index (χ0) is 26.3. The fraction of sp³-hybridized carbons (Fsp3) is 0.458. The number of anilines is 1. The lowest BCUT2D eigenvalue weighted by atomic mass is 10.0. The van der Waals surface area contributed by atoms with Crippen molar-refractivity contribution >= 4 is 34.9 Å². The number of carboxylic acids is 1. The van der Waals surface area contributed by atoms with Gasteiger partial charge in [-0.3, -0.25) is 15.2 Å². The van der Waals surface area contributed by atoms with Crippen molar-refractivity contribution in [3.8, 4) is 0 Å². The van der Waals surface area contributed by atoms with Crippen LogP contribution in [0.4, 0.5) is 23.7 Å². The predicted molar refractivity (Wildman–Crippen MR) is 132 cm³/mol. The first kappa shape index (κ1) is 27.5. The number of piperidine rings is 1. The molecule has 2 aliphatic rings. The number of rotatable bonds is 5. The van der Waals surface area contributed by atoms with Gasteiger partial charge in [0.15, 0.2) is 0 Å². The van der Waals surface area contributed by atoms with E-state index >= 15 is 0 Å². The maximum absolute atomic E-state index is 13.4. The van der Waals surface area contributed by atoms with Gasteiger partial charge in [-0.1, -0.05) is 18.2 Å². The molecule has 0 saturated carbocycles. The second-order valence-corrected chi connectivity index (χ2v) is 9.72. The van der Waals surface area contributed by atoms with Gasteiger partial charge in [0.05, 0.1) is 0 Å². The number of likely N-dealkylation sites (tertiary alicyclic amines) is 1. The minimum absolute atomic E-state index is 0.0316. The van der Waals surface area contributed by atoms with Crippen LogP contribution in [0.2, 0.25) is 0 Å². The van der Waals surface area contributed by atoms with Gasteiger partial charge in [0.25, 0.3) is 0 Å². The number of nitrogens with one attached hydrogen (secondary N) is 1. The van der Waals surface area contributed by atoms with E-state index in [1.54, 1.807) is 0 Å². The van der Waals surface area contributed by atoms with Crippen LogP contribution in [0.1, 0.15) is 36.1 Å². The van der Waals surface area contributed by atoms with Crippen LogP contribution in [0.15, 0.2) is 41.8 Å². The zero-order valence-corrected chi connectivity index (χ0v) is 20.5. The molecule has 1 aromatic heterocycles. The smallest absolute Gasteiger partial charge is 0.475 e. The Morgan fingerprint density at radius 3 is 2.36 bits per heavy atom. The lowest BCUT2D eigenvalue weighted by Crippen LogP contribution is -2.51. The monoisotopic (exact) mass is 525 g/mol. The minimum Gasteiger partial charge on any atom is -0.475 e. The molecule has 4 rings (SSSR count). The fourth-order valence-electron chi connectivity index (χ4n) is 4.33. The molecule has 1 aromatic carbocycles. The average Bonchev–Trinajstić information content (AvgIpc) is 3.27. The maximum Gasteiger partial charge on any atom is 0.490 e. The third-order valence-electron chi connectivity index (χ3n) is 6.18.